The molecule has 1 rings (SSSR count). The standard InChI is InChI=1S/C18H28F2O3SSi/c1-11(2)25(12(3)4,13(5)6)24-16-9-14(17(21)22-7)8-15(10-16)23-18(19)20/h8-13,18H,1-7H3. The molecule has 142 valence electrons. The fourth-order valence-electron chi connectivity index (χ4n) is 3.59. The van der Waals surface area contributed by atoms with E-state index in [2.05, 4.69) is 46.3 Å². The number of halogens is 2. The van der Waals surface area contributed by atoms with Crippen molar-refractivity contribution in [2.45, 2.75) is 69.7 Å². The van der Waals surface area contributed by atoms with E-state index < -0.39 is 19.8 Å². The molecule has 0 heterocycles. The minimum Gasteiger partial charge on any atom is -0.465 e. The van der Waals surface area contributed by atoms with Crippen molar-refractivity contribution in [2.24, 2.45) is 0 Å². The van der Waals surface area contributed by atoms with Crippen molar-refractivity contribution < 1.29 is 23.0 Å². The summed E-state index contributed by atoms with van der Waals surface area (Å²) in [5.41, 5.74) is 1.68. The molecule has 0 spiro atoms. The minimum atomic E-state index is -2.94. The first-order valence-electron chi connectivity index (χ1n) is 8.41. The van der Waals surface area contributed by atoms with Crippen LogP contribution in [0.5, 0.6) is 5.75 Å². The van der Waals surface area contributed by atoms with Gasteiger partial charge in [-0.1, -0.05) is 41.5 Å². The predicted molar refractivity (Wildman–Crippen MR) is 101 cm³/mol. The lowest BCUT2D eigenvalue weighted by molar-refractivity contribution is -0.0500. The maximum atomic E-state index is 12.7. The van der Waals surface area contributed by atoms with Crippen molar-refractivity contribution in [2.75, 3.05) is 7.11 Å². The molecule has 0 atom stereocenters. The highest BCUT2D eigenvalue weighted by Crippen LogP contribution is 2.52. The molecule has 0 radical (unpaired) electrons. The van der Waals surface area contributed by atoms with Gasteiger partial charge < -0.3 is 9.47 Å². The number of methoxy groups -OCH3 is 1. The number of ether oxygens (including phenoxy) is 2. The largest absolute Gasteiger partial charge is 0.465 e. The van der Waals surface area contributed by atoms with Crippen LogP contribution < -0.4 is 4.74 Å². The summed E-state index contributed by atoms with van der Waals surface area (Å²) in [4.78, 5) is 12.7. The fourth-order valence-corrected chi connectivity index (χ4v) is 12.8. The lowest BCUT2D eigenvalue weighted by Gasteiger charge is -2.42. The molecule has 7 heteroatoms. The number of alkyl halides is 2. The molecule has 1 aromatic rings. The summed E-state index contributed by atoms with van der Waals surface area (Å²) in [6, 6.07) is 4.60. The Bertz CT molecular complexity index is 570. The Morgan fingerprint density at radius 3 is 1.92 bits per heavy atom. The first kappa shape index (κ1) is 22.0. The van der Waals surface area contributed by atoms with Gasteiger partial charge in [0, 0.05) is 4.90 Å². The highest BCUT2D eigenvalue weighted by Gasteiger charge is 2.44. The molecule has 0 fully saturated rings. The van der Waals surface area contributed by atoms with Crippen LogP contribution in [0.25, 0.3) is 0 Å². The third-order valence-corrected chi connectivity index (χ3v) is 16.8. The Morgan fingerprint density at radius 1 is 1.00 bits per heavy atom. The van der Waals surface area contributed by atoms with Crippen molar-refractivity contribution in [1.82, 2.24) is 0 Å². The van der Waals surface area contributed by atoms with Gasteiger partial charge in [0.05, 0.1) is 12.7 Å². The third-order valence-electron chi connectivity index (χ3n) is 4.53. The Balaban J connectivity index is 3.40. The molecular weight excluding hydrogens is 362 g/mol. The first-order chi connectivity index (χ1) is 11.5. The molecule has 0 amide bonds. The number of benzene rings is 1. The van der Waals surface area contributed by atoms with Crippen molar-refractivity contribution in [3.8, 4) is 5.75 Å². The molecule has 0 N–H and O–H groups in total. The Hall–Kier alpha value is -1.08. The van der Waals surface area contributed by atoms with E-state index in [4.69, 9.17) is 4.74 Å². The zero-order valence-electron chi connectivity index (χ0n) is 15.9. The monoisotopic (exact) mass is 390 g/mol. The van der Waals surface area contributed by atoms with Gasteiger partial charge in [0.25, 0.3) is 0 Å². The smallest absolute Gasteiger partial charge is 0.387 e. The maximum Gasteiger partial charge on any atom is 0.387 e. The molecule has 25 heavy (non-hydrogen) atoms. The average Bonchev–Trinajstić information content (AvgIpc) is 2.49. The number of carbonyl (C=O) groups excluding carboxylic acids is 1. The van der Waals surface area contributed by atoms with Crippen LogP contribution in [0.2, 0.25) is 16.6 Å². The molecule has 1 aromatic carbocycles. The molecule has 0 aromatic heterocycles. The van der Waals surface area contributed by atoms with Crippen LogP contribution in [0.4, 0.5) is 8.78 Å². The minimum absolute atomic E-state index is 0.0143. The lowest BCUT2D eigenvalue weighted by atomic mass is 10.2. The van der Waals surface area contributed by atoms with Crippen LogP contribution >= 0.6 is 11.2 Å². The summed E-state index contributed by atoms with van der Waals surface area (Å²) in [6.07, 6.45) is 0. The zero-order valence-corrected chi connectivity index (χ0v) is 17.7. The Morgan fingerprint density at radius 2 is 1.52 bits per heavy atom. The van der Waals surface area contributed by atoms with E-state index in [9.17, 15) is 13.6 Å². The van der Waals surface area contributed by atoms with Gasteiger partial charge in [-0.05, 0) is 34.8 Å². The molecule has 0 saturated heterocycles. The van der Waals surface area contributed by atoms with E-state index in [1.807, 2.05) is 0 Å². The number of esters is 1. The van der Waals surface area contributed by atoms with Crippen LogP contribution in [-0.4, -0.2) is 26.9 Å². The van der Waals surface area contributed by atoms with Crippen LogP contribution in [0, 0.1) is 0 Å². The molecule has 0 aliphatic heterocycles. The lowest BCUT2D eigenvalue weighted by Crippen LogP contribution is -2.41. The topological polar surface area (TPSA) is 35.5 Å². The van der Waals surface area contributed by atoms with Gasteiger partial charge >= 0.3 is 12.6 Å². The van der Waals surface area contributed by atoms with Crippen LogP contribution in [0.1, 0.15) is 51.9 Å². The summed E-state index contributed by atoms with van der Waals surface area (Å²) < 4.78 is 34.6. The van der Waals surface area contributed by atoms with Gasteiger partial charge in [-0.15, -0.1) is 11.2 Å². The number of carbonyl (C=O) groups is 1. The van der Waals surface area contributed by atoms with Crippen molar-refractivity contribution in [1.29, 1.82) is 0 Å². The molecule has 0 bridgehead atoms. The van der Waals surface area contributed by atoms with Gasteiger partial charge in [-0.25, -0.2) is 4.79 Å². The van der Waals surface area contributed by atoms with Gasteiger partial charge in [0.2, 0.25) is 0 Å². The number of hydrogen-bond acceptors (Lipinski definition) is 4. The van der Waals surface area contributed by atoms with Gasteiger partial charge in [-0.2, -0.15) is 8.78 Å². The average molecular weight is 391 g/mol. The van der Waals surface area contributed by atoms with Gasteiger partial charge in [0.15, 0.2) is 0 Å². The zero-order chi connectivity index (χ0) is 19.4. The second kappa shape index (κ2) is 9.03. The summed E-state index contributed by atoms with van der Waals surface area (Å²) in [7, 11) is -0.609. The van der Waals surface area contributed by atoms with Gasteiger partial charge in [0.1, 0.15) is 13.0 Å². The van der Waals surface area contributed by atoms with Crippen LogP contribution in [0.15, 0.2) is 23.1 Å². The van der Waals surface area contributed by atoms with Gasteiger partial charge in [-0.3, -0.25) is 0 Å². The SMILES string of the molecule is COC(=O)c1cc(OC(F)F)cc(S[Si](C(C)C)(C(C)C)C(C)C)c1. The molecule has 0 unspecified atom stereocenters. The Kier molecular flexibility index (Phi) is 7.93. The molecular formula is C18H28F2O3SSi. The quantitative estimate of drug-likeness (QED) is 0.383. The normalized spacial score (nSPS) is 12.4. The van der Waals surface area contributed by atoms with E-state index in [1.165, 1.54) is 13.2 Å². The highest BCUT2D eigenvalue weighted by molar-refractivity contribution is 8.29. The highest BCUT2D eigenvalue weighted by atomic mass is 32.4. The Labute approximate surface area is 154 Å². The fraction of sp³-hybridized carbons (Fsp3) is 0.611. The van der Waals surface area contributed by atoms with Crippen LogP contribution in [-0.2, 0) is 4.74 Å². The van der Waals surface area contributed by atoms with Crippen molar-refractivity contribution >= 4 is 24.4 Å². The third kappa shape index (κ3) is 5.20. The van der Waals surface area contributed by atoms with E-state index in [-0.39, 0.29) is 11.3 Å². The maximum absolute atomic E-state index is 12.7. The predicted octanol–water partition coefficient (Wildman–Crippen LogP) is 6.34. The number of hydrogen-bond donors (Lipinski definition) is 0. The first-order valence-corrected chi connectivity index (χ1v) is 12.2. The van der Waals surface area contributed by atoms with Crippen molar-refractivity contribution in [3.05, 3.63) is 23.8 Å². The molecule has 0 aliphatic rings. The van der Waals surface area contributed by atoms with E-state index >= 15 is 0 Å². The van der Waals surface area contributed by atoms with E-state index in [0.717, 1.165) is 4.90 Å². The molecule has 3 nitrogen and oxygen atoms in total. The summed E-state index contributed by atoms with van der Waals surface area (Å²) in [5.74, 6) is -0.577. The summed E-state index contributed by atoms with van der Waals surface area (Å²) in [5, 5.41) is 0. The second-order valence-corrected chi connectivity index (χ2v) is 15.6. The van der Waals surface area contributed by atoms with E-state index in [1.54, 1.807) is 23.3 Å². The van der Waals surface area contributed by atoms with E-state index in [0.29, 0.717) is 16.6 Å². The summed E-state index contributed by atoms with van der Waals surface area (Å²) in [6.45, 7) is 10.4. The molecule has 0 saturated carbocycles. The molecule has 0 aliphatic carbocycles. The van der Waals surface area contributed by atoms with Crippen LogP contribution in [0.3, 0.4) is 0 Å². The number of rotatable bonds is 8. The summed E-state index contributed by atoms with van der Waals surface area (Å²) >= 11 is 1.75. The van der Waals surface area contributed by atoms with Crippen molar-refractivity contribution in [3.63, 3.8) is 0 Å². The second-order valence-electron chi connectivity index (χ2n) is 6.98.